The zero-order valence-corrected chi connectivity index (χ0v) is 15.8. The summed E-state index contributed by atoms with van der Waals surface area (Å²) in [6, 6.07) is 0.295. The maximum Gasteiger partial charge on any atom is 0.191 e. The minimum absolute atomic E-state index is 0.0539. The fourth-order valence-corrected chi connectivity index (χ4v) is 2.51. The Hall–Kier alpha value is -1.67. The van der Waals surface area contributed by atoms with Crippen LogP contribution in [0.15, 0.2) is 4.99 Å². The second-order valence-electron chi connectivity index (χ2n) is 7.07. The number of aliphatic imine (C=N–C) groups is 1. The zero-order chi connectivity index (χ0) is 17.7. The predicted octanol–water partition coefficient (Wildman–Crippen LogP) is 0.245. The van der Waals surface area contributed by atoms with Crippen molar-refractivity contribution < 1.29 is 4.74 Å². The van der Waals surface area contributed by atoms with Crippen LogP contribution in [-0.4, -0.2) is 72.0 Å². The van der Waals surface area contributed by atoms with E-state index >= 15 is 0 Å². The van der Waals surface area contributed by atoms with Crippen molar-refractivity contribution in [2.75, 3.05) is 34.8 Å². The van der Waals surface area contributed by atoms with Gasteiger partial charge in [-0.15, -0.1) is 0 Å². The van der Waals surface area contributed by atoms with Crippen LogP contribution in [-0.2, 0) is 24.3 Å². The van der Waals surface area contributed by atoms with Crippen LogP contribution in [0.2, 0.25) is 0 Å². The molecule has 1 aromatic rings. The van der Waals surface area contributed by atoms with Gasteiger partial charge in [0.15, 0.2) is 11.8 Å². The van der Waals surface area contributed by atoms with E-state index in [0.717, 1.165) is 43.5 Å². The van der Waals surface area contributed by atoms with E-state index in [0.29, 0.717) is 12.6 Å². The standard InChI is InChI=1S/C16H31N7O/c1-16(2,22(4)5)11-18-15(17-3)19-12-7-8-14-20-13(10-24-6)21-23(14)9-12/h12H,7-11H2,1-6H3,(H2,17,18,19). The number of guanidine groups is 1. The van der Waals surface area contributed by atoms with Crippen LogP contribution in [0, 0.1) is 0 Å². The molecule has 1 atom stereocenters. The maximum atomic E-state index is 5.11. The molecule has 0 saturated carbocycles. The predicted molar refractivity (Wildman–Crippen MR) is 95.1 cm³/mol. The minimum Gasteiger partial charge on any atom is -0.377 e. The largest absolute Gasteiger partial charge is 0.377 e. The third-order valence-electron chi connectivity index (χ3n) is 4.64. The third kappa shape index (κ3) is 4.67. The number of aromatic nitrogens is 3. The molecule has 24 heavy (non-hydrogen) atoms. The van der Waals surface area contributed by atoms with Crippen LogP contribution in [0.1, 0.15) is 31.9 Å². The Kier molecular flexibility index (Phi) is 6.17. The molecule has 0 amide bonds. The lowest BCUT2D eigenvalue weighted by atomic mass is 10.0. The summed E-state index contributed by atoms with van der Waals surface area (Å²) >= 11 is 0. The number of aryl methyl sites for hydroxylation is 1. The number of hydrogen-bond acceptors (Lipinski definition) is 5. The van der Waals surface area contributed by atoms with Gasteiger partial charge in [0.2, 0.25) is 0 Å². The zero-order valence-electron chi connectivity index (χ0n) is 15.8. The van der Waals surface area contributed by atoms with Crippen molar-refractivity contribution in [3.05, 3.63) is 11.6 Å². The van der Waals surface area contributed by atoms with Gasteiger partial charge in [-0.1, -0.05) is 0 Å². The highest BCUT2D eigenvalue weighted by atomic mass is 16.5. The van der Waals surface area contributed by atoms with Crippen molar-refractivity contribution in [3.8, 4) is 0 Å². The Bertz CT molecular complexity index is 565. The van der Waals surface area contributed by atoms with E-state index in [1.807, 2.05) is 4.68 Å². The summed E-state index contributed by atoms with van der Waals surface area (Å²) in [7, 11) is 7.64. The average Bonchev–Trinajstić information content (AvgIpc) is 2.93. The Labute approximate surface area is 144 Å². The molecule has 8 nitrogen and oxygen atoms in total. The molecule has 1 aliphatic rings. The number of hydrogen-bond donors (Lipinski definition) is 2. The highest BCUT2D eigenvalue weighted by Crippen LogP contribution is 2.13. The lowest BCUT2D eigenvalue weighted by Crippen LogP contribution is -2.53. The van der Waals surface area contributed by atoms with Crippen LogP contribution in [0.4, 0.5) is 0 Å². The summed E-state index contributed by atoms with van der Waals surface area (Å²) in [6.45, 7) is 6.48. The highest BCUT2D eigenvalue weighted by molar-refractivity contribution is 5.80. The molecule has 136 valence electrons. The molecule has 0 fully saturated rings. The molecule has 2 N–H and O–H groups in total. The number of methoxy groups -OCH3 is 1. The summed E-state index contributed by atoms with van der Waals surface area (Å²) in [4.78, 5) is 11.1. The first-order valence-corrected chi connectivity index (χ1v) is 8.42. The molecule has 0 aromatic carbocycles. The summed E-state index contributed by atoms with van der Waals surface area (Å²) < 4.78 is 7.09. The van der Waals surface area contributed by atoms with Gasteiger partial charge >= 0.3 is 0 Å². The van der Waals surface area contributed by atoms with Gasteiger partial charge < -0.3 is 20.3 Å². The number of fused-ring (bicyclic) bond motifs is 1. The summed E-state index contributed by atoms with van der Waals surface area (Å²) in [5, 5.41) is 11.4. The van der Waals surface area contributed by atoms with E-state index < -0.39 is 0 Å². The van der Waals surface area contributed by atoms with Crippen molar-refractivity contribution in [3.63, 3.8) is 0 Å². The molecule has 0 radical (unpaired) electrons. The van der Waals surface area contributed by atoms with Gasteiger partial charge in [0, 0.05) is 38.7 Å². The molecule has 0 spiro atoms. The van der Waals surface area contributed by atoms with Gasteiger partial charge in [0.25, 0.3) is 0 Å². The fourth-order valence-electron chi connectivity index (χ4n) is 2.51. The monoisotopic (exact) mass is 337 g/mol. The number of ether oxygens (including phenoxy) is 1. The molecule has 1 unspecified atom stereocenters. The number of rotatable bonds is 6. The molecule has 0 saturated heterocycles. The fraction of sp³-hybridized carbons (Fsp3) is 0.812. The normalized spacial score (nSPS) is 18.6. The summed E-state index contributed by atoms with van der Waals surface area (Å²) in [5.74, 6) is 2.62. The quantitative estimate of drug-likeness (QED) is 0.572. The second-order valence-corrected chi connectivity index (χ2v) is 7.07. The van der Waals surface area contributed by atoms with Gasteiger partial charge in [-0.05, 0) is 34.4 Å². The van der Waals surface area contributed by atoms with Crippen molar-refractivity contribution in [2.45, 2.75) is 51.4 Å². The van der Waals surface area contributed by atoms with Crippen LogP contribution in [0.25, 0.3) is 0 Å². The molecule has 0 bridgehead atoms. The smallest absolute Gasteiger partial charge is 0.191 e. The Balaban J connectivity index is 1.90. The van der Waals surface area contributed by atoms with E-state index in [4.69, 9.17) is 4.74 Å². The van der Waals surface area contributed by atoms with Crippen molar-refractivity contribution in [2.24, 2.45) is 4.99 Å². The van der Waals surface area contributed by atoms with Gasteiger partial charge in [-0.3, -0.25) is 4.99 Å². The molecule has 0 aliphatic carbocycles. The number of likely N-dealkylation sites (N-methyl/N-ethyl adjacent to an activating group) is 1. The van der Waals surface area contributed by atoms with E-state index in [2.05, 4.69) is 58.6 Å². The second kappa shape index (κ2) is 7.94. The molecular formula is C16H31N7O. The van der Waals surface area contributed by atoms with Gasteiger partial charge in [0.1, 0.15) is 12.4 Å². The molecular weight excluding hydrogens is 306 g/mol. The van der Waals surface area contributed by atoms with Gasteiger partial charge in [-0.2, -0.15) is 5.10 Å². The lowest BCUT2D eigenvalue weighted by Gasteiger charge is -2.34. The first-order chi connectivity index (χ1) is 11.4. The van der Waals surface area contributed by atoms with E-state index in [9.17, 15) is 0 Å². The van der Waals surface area contributed by atoms with E-state index in [1.54, 1.807) is 14.2 Å². The maximum absolute atomic E-state index is 5.11. The van der Waals surface area contributed by atoms with Crippen LogP contribution < -0.4 is 10.6 Å². The summed E-state index contributed by atoms with van der Waals surface area (Å²) in [6.07, 6.45) is 1.93. The van der Waals surface area contributed by atoms with Crippen LogP contribution >= 0.6 is 0 Å². The van der Waals surface area contributed by atoms with Crippen molar-refractivity contribution in [1.82, 2.24) is 30.3 Å². The molecule has 2 rings (SSSR count). The van der Waals surface area contributed by atoms with Crippen LogP contribution in [0.3, 0.4) is 0 Å². The molecule has 1 aromatic heterocycles. The molecule has 2 heterocycles. The first kappa shape index (κ1) is 18.7. The van der Waals surface area contributed by atoms with E-state index in [-0.39, 0.29) is 5.54 Å². The van der Waals surface area contributed by atoms with Crippen LogP contribution in [0.5, 0.6) is 0 Å². The van der Waals surface area contributed by atoms with Crippen molar-refractivity contribution in [1.29, 1.82) is 0 Å². The Morgan fingerprint density at radius 3 is 2.83 bits per heavy atom. The highest BCUT2D eigenvalue weighted by Gasteiger charge is 2.24. The topological polar surface area (TPSA) is 79.6 Å². The minimum atomic E-state index is 0.0539. The summed E-state index contributed by atoms with van der Waals surface area (Å²) in [5.41, 5.74) is 0.0539. The SMILES string of the molecule is CN=C(NCC(C)(C)N(C)C)NC1CCc2nc(COC)nn2C1. The van der Waals surface area contributed by atoms with Crippen molar-refractivity contribution >= 4 is 5.96 Å². The molecule has 1 aliphatic heterocycles. The third-order valence-corrected chi connectivity index (χ3v) is 4.64. The molecule has 8 heteroatoms. The number of nitrogens with zero attached hydrogens (tertiary/aromatic N) is 5. The Morgan fingerprint density at radius 1 is 1.46 bits per heavy atom. The Morgan fingerprint density at radius 2 is 2.21 bits per heavy atom. The van der Waals surface area contributed by atoms with Gasteiger partial charge in [-0.25, -0.2) is 9.67 Å². The lowest BCUT2D eigenvalue weighted by molar-refractivity contribution is 0.177. The van der Waals surface area contributed by atoms with Gasteiger partial charge in [0.05, 0.1) is 6.54 Å². The average molecular weight is 337 g/mol. The first-order valence-electron chi connectivity index (χ1n) is 8.42. The number of nitrogens with one attached hydrogen (secondary N) is 2. The van der Waals surface area contributed by atoms with E-state index in [1.165, 1.54) is 0 Å².